The van der Waals surface area contributed by atoms with Crippen LogP contribution in [-0.4, -0.2) is 12.6 Å². The zero-order valence-corrected chi connectivity index (χ0v) is 10.9. The zero-order valence-electron chi connectivity index (χ0n) is 10.9. The lowest BCUT2D eigenvalue weighted by molar-refractivity contribution is 0.237. The fourth-order valence-corrected chi connectivity index (χ4v) is 2.38. The molecule has 0 fully saturated rings. The summed E-state index contributed by atoms with van der Waals surface area (Å²) < 4.78 is 32.0. The minimum atomic E-state index is -0.554. The summed E-state index contributed by atoms with van der Waals surface area (Å²) >= 11 is 0. The maximum Gasteiger partial charge on any atom is 0.130 e. The Morgan fingerprint density at radius 2 is 2.00 bits per heavy atom. The number of fused-ring (bicyclic) bond motifs is 1. The normalized spacial score (nSPS) is 17.4. The molecule has 0 aliphatic carbocycles. The molecule has 1 atom stereocenters. The summed E-state index contributed by atoms with van der Waals surface area (Å²) in [5.41, 5.74) is 1.61. The van der Waals surface area contributed by atoms with E-state index in [9.17, 15) is 8.78 Å². The second kappa shape index (κ2) is 5.59. The van der Waals surface area contributed by atoms with E-state index in [4.69, 9.17) is 4.74 Å². The van der Waals surface area contributed by atoms with E-state index >= 15 is 0 Å². The molecule has 0 spiro atoms. The van der Waals surface area contributed by atoms with E-state index < -0.39 is 11.6 Å². The number of benzene rings is 2. The summed E-state index contributed by atoms with van der Waals surface area (Å²) in [5.74, 6) is -0.158. The Hall–Kier alpha value is -1.94. The SMILES string of the molecule is Fc1ccc(CNC2COc3ccccc3C2)c(F)c1. The van der Waals surface area contributed by atoms with Crippen molar-refractivity contribution < 1.29 is 13.5 Å². The lowest BCUT2D eigenvalue weighted by Gasteiger charge is -2.26. The van der Waals surface area contributed by atoms with Crippen LogP contribution in [0.3, 0.4) is 0 Å². The second-order valence-corrected chi connectivity index (χ2v) is 4.94. The molecule has 0 radical (unpaired) electrons. The molecule has 3 rings (SSSR count). The summed E-state index contributed by atoms with van der Waals surface area (Å²) in [6, 6.07) is 11.7. The molecular weight excluding hydrogens is 260 g/mol. The molecule has 1 heterocycles. The highest BCUT2D eigenvalue weighted by Crippen LogP contribution is 2.24. The van der Waals surface area contributed by atoms with Gasteiger partial charge in [0.05, 0.1) is 0 Å². The van der Waals surface area contributed by atoms with Gasteiger partial charge >= 0.3 is 0 Å². The Balaban J connectivity index is 1.63. The van der Waals surface area contributed by atoms with Crippen LogP contribution in [0.5, 0.6) is 5.75 Å². The molecule has 104 valence electrons. The van der Waals surface area contributed by atoms with Crippen molar-refractivity contribution in [3.8, 4) is 5.75 Å². The average Bonchev–Trinajstić information content (AvgIpc) is 2.46. The third kappa shape index (κ3) is 2.80. The third-order valence-corrected chi connectivity index (χ3v) is 3.48. The van der Waals surface area contributed by atoms with Crippen molar-refractivity contribution in [2.45, 2.75) is 19.0 Å². The monoisotopic (exact) mass is 275 g/mol. The fraction of sp³-hybridized carbons (Fsp3) is 0.250. The summed E-state index contributed by atoms with van der Waals surface area (Å²) in [5, 5.41) is 3.25. The Kier molecular flexibility index (Phi) is 3.65. The third-order valence-electron chi connectivity index (χ3n) is 3.48. The Morgan fingerprint density at radius 3 is 2.85 bits per heavy atom. The van der Waals surface area contributed by atoms with Gasteiger partial charge in [0.1, 0.15) is 24.0 Å². The first-order valence-corrected chi connectivity index (χ1v) is 6.60. The van der Waals surface area contributed by atoms with Crippen molar-refractivity contribution in [1.82, 2.24) is 5.32 Å². The van der Waals surface area contributed by atoms with Gasteiger partial charge in [-0.3, -0.25) is 0 Å². The van der Waals surface area contributed by atoms with Gasteiger partial charge in [-0.25, -0.2) is 8.78 Å². The predicted molar refractivity (Wildman–Crippen MR) is 72.6 cm³/mol. The van der Waals surface area contributed by atoms with Gasteiger partial charge in [-0.05, 0) is 24.1 Å². The van der Waals surface area contributed by atoms with Crippen LogP contribution in [0.2, 0.25) is 0 Å². The molecule has 0 amide bonds. The van der Waals surface area contributed by atoms with Crippen LogP contribution in [-0.2, 0) is 13.0 Å². The summed E-state index contributed by atoms with van der Waals surface area (Å²) in [4.78, 5) is 0. The summed E-state index contributed by atoms with van der Waals surface area (Å²) in [7, 11) is 0. The van der Waals surface area contributed by atoms with Gasteiger partial charge < -0.3 is 10.1 Å². The van der Waals surface area contributed by atoms with Crippen LogP contribution in [0, 0.1) is 11.6 Å². The molecule has 0 saturated heterocycles. The molecule has 1 N–H and O–H groups in total. The number of para-hydroxylation sites is 1. The topological polar surface area (TPSA) is 21.3 Å². The number of rotatable bonds is 3. The molecule has 0 saturated carbocycles. The molecule has 2 nitrogen and oxygen atoms in total. The van der Waals surface area contributed by atoms with Crippen molar-refractivity contribution in [1.29, 1.82) is 0 Å². The van der Waals surface area contributed by atoms with Gasteiger partial charge in [0, 0.05) is 24.2 Å². The van der Waals surface area contributed by atoms with Crippen LogP contribution < -0.4 is 10.1 Å². The van der Waals surface area contributed by atoms with Gasteiger partial charge in [0.25, 0.3) is 0 Å². The van der Waals surface area contributed by atoms with Crippen LogP contribution >= 0.6 is 0 Å². The average molecular weight is 275 g/mol. The highest BCUT2D eigenvalue weighted by atomic mass is 19.1. The van der Waals surface area contributed by atoms with E-state index in [-0.39, 0.29) is 6.04 Å². The van der Waals surface area contributed by atoms with E-state index in [1.54, 1.807) is 0 Å². The van der Waals surface area contributed by atoms with E-state index in [0.717, 1.165) is 23.8 Å². The Morgan fingerprint density at radius 1 is 1.15 bits per heavy atom. The summed E-state index contributed by atoms with van der Waals surface area (Å²) in [6.07, 6.45) is 0.846. The van der Waals surface area contributed by atoms with Gasteiger partial charge in [-0.15, -0.1) is 0 Å². The van der Waals surface area contributed by atoms with Crippen LogP contribution in [0.25, 0.3) is 0 Å². The minimum absolute atomic E-state index is 0.134. The Bertz CT molecular complexity index is 615. The lowest BCUT2D eigenvalue weighted by atomic mass is 10.0. The second-order valence-electron chi connectivity index (χ2n) is 4.94. The highest BCUT2D eigenvalue weighted by Gasteiger charge is 2.19. The van der Waals surface area contributed by atoms with Crippen molar-refractivity contribution in [3.63, 3.8) is 0 Å². The number of halogens is 2. The van der Waals surface area contributed by atoms with E-state index in [2.05, 4.69) is 5.32 Å². The van der Waals surface area contributed by atoms with E-state index in [1.807, 2.05) is 24.3 Å². The summed E-state index contributed by atoms with van der Waals surface area (Å²) in [6.45, 7) is 0.919. The first-order chi connectivity index (χ1) is 9.72. The van der Waals surface area contributed by atoms with Crippen LogP contribution in [0.1, 0.15) is 11.1 Å². The van der Waals surface area contributed by atoms with E-state index in [1.165, 1.54) is 12.1 Å². The lowest BCUT2D eigenvalue weighted by Crippen LogP contribution is -2.39. The molecule has 0 bridgehead atoms. The molecule has 1 aliphatic heterocycles. The van der Waals surface area contributed by atoms with Crippen molar-refractivity contribution in [2.24, 2.45) is 0 Å². The molecule has 20 heavy (non-hydrogen) atoms. The maximum atomic E-state index is 13.5. The van der Waals surface area contributed by atoms with Crippen molar-refractivity contribution in [2.75, 3.05) is 6.61 Å². The largest absolute Gasteiger partial charge is 0.492 e. The molecule has 1 unspecified atom stereocenters. The maximum absolute atomic E-state index is 13.5. The van der Waals surface area contributed by atoms with E-state index in [0.29, 0.717) is 18.7 Å². The van der Waals surface area contributed by atoms with Gasteiger partial charge in [0.2, 0.25) is 0 Å². The number of hydrogen-bond donors (Lipinski definition) is 1. The molecule has 4 heteroatoms. The zero-order chi connectivity index (χ0) is 13.9. The number of ether oxygens (including phenoxy) is 1. The smallest absolute Gasteiger partial charge is 0.130 e. The number of hydrogen-bond acceptors (Lipinski definition) is 2. The quantitative estimate of drug-likeness (QED) is 0.929. The first kappa shape index (κ1) is 13.1. The fourth-order valence-electron chi connectivity index (χ4n) is 2.38. The number of nitrogens with one attached hydrogen (secondary N) is 1. The minimum Gasteiger partial charge on any atom is -0.492 e. The van der Waals surface area contributed by atoms with Crippen LogP contribution in [0.15, 0.2) is 42.5 Å². The van der Waals surface area contributed by atoms with Crippen molar-refractivity contribution in [3.05, 3.63) is 65.2 Å². The molecular formula is C16H15F2NO. The molecule has 1 aliphatic rings. The first-order valence-electron chi connectivity index (χ1n) is 6.60. The molecule has 2 aromatic carbocycles. The van der Waals surface area contributed by atoms with Gasteiger partial charge in [-0.2, -0.15) is 0 Å². The predicted octanol–water partition coefficient (Wildman–Crippen LogP) is 3.06. The van der Waals surface area contributed by atoms with Crippen molar-refractivity contribution >= 4 is 0 Å². The standard InChI is InChI=1S/C16H15F2NO/c17-13-6-5-12(15(18)8-13)9-19-14-7-11-3-1-2-4-16(11)20-10-14/h1-6,8,14,19H,7,9-10H2. The highest BCUT2D eigenvalue weighted by molar-refractivity contribution is 5.35. The Labute approximate surface area is 116 Å². The van der Waals surface area contributed by atoms with Gasteiger partial charge in [-0.1, -0.05) is 24.3 Å². The molecule has 0 aromatic heterocycles. The van der Waals surface area contributed by atoms with Gasteiger partial charge in [0.15, 0.2) is 0 Å². The molecule has 2 aromatic rings. The van der Waals surface area contributed by atoms with Crippen LogP contribution in [0.4, 0.5) is 8.78 Å².